The number of carbonyl (C=O) groups excluding carboxylic acids is 1. The summed E-state index contributed by atoms with van der Waals surface area (Å²) in [7, 11) is 0. The van der Waals surface area contributed by atoms with E-state index in [0.717, 1.165) is 36.4 Å². The van der Waals surface area contributed by atoms with Crippen molar-refractivity contribution < 1.29 is 4.79 Å². The molecule has 0 spiro atoms. The summed E-state index contributed by atoms with van der Waals surface area (Å²) in [5.74, 6) is 1.01. The number of aryl methyl sites for hydroxylation is 1. The molecular weight excluding hydrogens is 254 g/mol. The molecule has 6 heteroatoms. The number of rotatable bonds is 4. The molecule has 1 saturated heterocycles. The number of fused-ring (bicyclic) bond motifs is 1. The molecule has 1 aliphatic rings. The minimum Gasteiger partial charge on any atom is -0.353 e. The predicted octanol–water partition coefficient (Wildman–Crippen LogP) is 0.472. The van der Waals surface area contributed by atoms with Crippen molar-refractivity contribution in [2.75, 3.05) is 13.1 Å². The number of imidazole rings is 1. The van der Waals surface area contributed by atoms with Crippen LogP contribution in [0.15, 0.2) is 18.5 Å². The molecule has 0 radical (unpaired) electrons. The first kappa shape index (κ1) is 13.1. The highest BCUT2D eigenvalue weighted by atomic mass is 16.2. The van der Waals surface area contributed by atoms with Crippen LogP contribution < -0.4 is 10.6 Å². The Bertz CT molecular complexity index is 621. The highest BCUT2D eigenvalue weighted by molar-refractivity contribution is 5.83. The average Bonchev–Trinajstić information content (AvgIpc) is 2.80. The van der Waals surface area contributed by atoms with Crippen molar-refractivity contribution >= 4 is 16.9 Å². The van der Waals surface area contributed by atoms with E-state index in [1.54, 1.807) is 12.4 Å². The highest BCUT2D eigenvalue weighted by Crippen LogP contribution is 2.17. The molecule has 2 aromatic rings. The maximum atomic E-state index is 11.9. The average molecular weight is 273 g/mol. The van der Waals surface area contributed by atoms with E-state index in [4.69, 9.17) is 0 Å². The summed E-state index contributed by atoms with van der Waals surface area (Å²) >= 11 is 0. The third-order valence-electron chi connectivity index (χ3n) is 3.59. The fourth-order valence-corrected chi connectivity index (χ4v) is 2.66. The molecule has 1 unspecified atom stereocenters. The number of nitrogens with zero attached hydrogens (tertiary/aromatic N) is 3. The van der Waals surface area contributed by atoms with Crippen molar-refractivity contribution in [3.63, 3.8) is 0 Å². The number of nitrogens with one attached hydrogen (secondary N) is 2. The van der Waals surface area contributed by atoms with E-state index in [-0.39, 0.29) is 11.9 Å². The van der Waals surface area contributed by atoms with Crippen LogP contribution in [-0.2, 0) is 17.8 Å². The Labute approximate surface area is 117 Å². The van der Waals surface area contributed by atoms with Crippen molar-refractivity contribution in [2.45, 2.75) is 32.4 Å². The lowest BCUT2D eigenvalue weighted by Gasteiger charge is -2.23. The first-order valence-electron chi connectivity index (χ1n) is 7.10. The molecule has 1 fully saturated rings. The lowest BCUT2D eigenvalue weighted by molar-refractivity contribution is -0.124. The van der Waals surface area contributed by atoms with E-state index >= 15 is 0 Å². The van der Waals surface area contributed by atoms with Gasteiger partial charge in [0.1, 0.15) is 11.3 Å². The summed E-state index contributed by atoms with van der Waals surface area (Å²) in [4.78, 5) is 20.6. The second kappa shape index (κ2) is 5.58. The molecule has 1 amide bonds. The van der Waals surface area contributed by atoms with Gasteiger partial charge in [-0.1, -0.05) is 6.92 Å². The zero-order valence-electron chi connectivity index (χ0n) is 11.6. The second-order valence-electron chi connectivity index (χ2n) is 5.05. The Hall–Kier alpha value is -1.95. The number of aromatic nitrogens is 3. The number of amides is 1. The maximum absolute atomic E-state index is 11.9. The summed E-state index contributed by atoms with van der Waals surface area (Å²) in [6, 6.07) is 1.79. The van der Waals surface area contributed by atoms with Gasteiger partial charge in [0.2, 0.25) is 5.91 Å². The van der Waals surface area contributed by atoms with Gasteiger partial charge in [-0.2, -0.15) is 0 Å². The van der Waals surface area contributed by atoms with Gasteiger partial charge < -0.3 is 15.2 Å². The van der Waals surface area contributed by atoms with Gasteiger partial charge in [0, 0.05) is 32.3 Å². The standard InChI is InChI=1S/C14H19N5O/c1-2-7-19-12-3-4-15-9-11(12)18-13(19)8-10-14(20)17-6-5-16-10/h3-4,9-10,16H,2,5-8H2,1H3,(H,17,20). The smallest absolute Gasteiger partial charge is 0.237 e. The molecule has 1 aliphatic heterocycles. The molecule has 0 aliphatic carbocycles. The summed E-state index contributed by atoms with van der Waals surface area (Å²) in [5, 5.41) is 6.14. The SMILES string of the molecule is CCCn1c(CC2NCCNC2=O)nc2cnccc21. The quantitative estimate of drug-likeness (QED) is 0.849. The third-order valence-corrected chi connectivity index (χ3v) is 3.59. The maximum Gasteiger partial charge on any atom is 0.237 e. The van der Waals surface area contributed by atoms with Crippen LogP contribution in [0, 0.1) is 0 Å². The second-order valence-corrected chi connectivity index (χ2v) is 5.05. The number of pyridine rings is 1. The van der Waals surface area contributed by atoms with Crippen LogP contribution in [0.4, 0.5) is 0 Å². The summed E-state index contributed by atoms with van der Waals surface area (Å²) in [6.45, 7) is 4.56. The number of hydrogen-bond acceptors (Lipinski definition) is 4. The van der Waals surface area contributed by atoms with Gasteiger partial charge in [0.25, 0.3) is 0 Å². The Morgan fingerprint density at radius 1 is 1.45 bits per heavy atom. The van der Waals surface area contributed by atoms with Crippen molar-refractivity contribution in [3.8, 4) is 0 Å². The van der Waals surface area contributed by atoms with E-state index in [1.807, 2.05) is 6.07 Å². The van der Waals surface area contributed by atoms with Crippen molar-refractivity contribution in [1.82, 2.24) is 25.2 Å². The van der Waals surface area contributed by atoms with Crippen molar-refractivity contribution in [1.29, 1.82) is 0 Å². The van der Waals surface area contributed by atoms with E-state index in [2.05, 4.69) is 32.1 Å². The molecule has 2 aromatic heterocycles. The fraction of sp³-hybridized carbons (Fsp3) is 0.500. The molecule has 2 N–H and O–H groups in total. The lowest BCUT2D eigenvalue weighted by Crippen LogP contribution is -2.54. The van der Waals surface area contributed by atoms with E-state index in [1.165, 1.54) is 0 Å². The monoisotopic (exact) mass is 273 g/mol. The molecule has 3 rings (SSSR count). The van der Waals surface area contributed by atoms with Crippen LogP contribution in [0.1, 0.15) is 19.2 Å². The van der Waals surface area contributed by atoms with Crippen LogP contribution in [0.5, 0.6) is 0 Å². The van der Waals surface area contributed by atoms with E-state index in [9.17, 15) is 4.79 Å². The molecule has 6 nitrogen and oxygen atoms in total. The van der Waals surface area contributed by atoms with Crippen LogP contribution in [-0.4, -0.2) is 39.6 Å². The van der Waals surface area contributed by atoms with Crippen LogP contribution >= 0.6 is 0 Å². The molecule has 0 aromatic carbocycles. The van der Waals surface area contributed by atoms with Crippen LogP contribution in [0.25, 0.3) is 11.0 Å². The number of piperazine rings is 1. The van der Waals surface area contributed by atoms with Crippen molar-refractivity contribution in [2.24, 2.45) is 0 Å². The summed E-state index contributed by atoms with van der Waals surface area (Å²) in [6.07, 6.45) is 5.20. The van der Waals surface area contributed by atoms with Crippen LogP contribution in [0.3, 0.4) is 0 Å². The first-order chi connectivity index (χ1) is 9.79. The molecule has 0 bridgehead atoms. The zero-order chi connectivity index (χ0) is 13.9. The topological polar surface area (TPSA) is 71.8 Å². The Kier molecular flexibility index (Phi) is 3.64. The van der Waals surface area contributed by atoms with Gasteiger partial charge in [-0.05, 0) is 12.5 Å². The lowest BCUT2D eigenvalue weighted by atomic mass is 10.1. The van der Waals surface area contributed by atoms with Gasteiger partial charge in [-0.3, -0.25) is 9.78 Å². The van der Waals surface area contributed by atoms with Crippen molar-refractivity contribution in [3.05, 3.63) is 24.3 Å². The molecule has 106 valence electrons. The minimum absolute atomic E-state index is 0.0597. The van der Waals surface area contributed by atoms with Crippen LogP contribution in [0.2, 0.25) is 0 Å². The molecule has 20 heavy (non-hydrogen) atoms. The molecule has 1 atom stereocenters. The van der Waals surface area contributed by atoms with E-state index in [0.29, 0.717) is 13.0 Å². The largest absolute Gasteiger partial charge is 0.353 e. The third kappa shape index (κ3) is 2.38. The normalized spacial score (nSPS) is 19.2. The zero-order valence-corrected chi connectivity index (χ0v) is 11.6. The predicted molar refractivity (Wildman–Crippen MR) is 76.3 cm³/mol. The molecule has 3 heterocycles. The summed E-state index contributed by atoms with van der Waals surface area (Å²) in [5.41, 5.74) is 1.99. The van der Waals surface area contributed by atoms with Gasteiger partial charge in [-0.15, -0.1) is 0 Å². The number of carbonyl (C=O) groups is 1. The van der Waals surface area contributed by atoms with Gasteiger partial charge >= 0.3 is 0 Å². The Morgan fingerprint density at radius 3 is 3.15 bits per heavy atom. The molecular formula is C14H19N5O. The van der Waals surface area contributed by atoms with Gasteiger partial charge in [-0.25, -0.2) is 4.98 Å². The molecule has 0 saturated carbocycles. The van der Waals surface area contributed by atoms with Gasteiger partial charge in [0.15, 0.2) is 0 Å². The first-order valence-corrected chi connectivity index (χ1v) is 7.10. The Morgan fingerprint density at radius 2 is 2.35 bits per heavy atom. The highest BCUT2D eigenvalue weighted by Gasteiger charge is 2.24. The number of hydrogen-bond donors (Lipinski definition) is 2. The Balaban J connectivity index is 1.93. The summed E-state index contributed by atoms with van der Waals surface area (Å²) < 4.78 is 2.20. The fourth-order valence-electron chi connectivity index (χ4n) is 2.66. The minimum atomic E-state index is -0.191. The van der Waals surface area contributed by atoms with E-state index < -0.39 is 0 Å². The van der Waals surface area contributed by atoms with Gasteiger partial charge in [0.05, 0.1) is 17.8 Å².